The monoisotopic (exact) mass is 285 g/mol. The number of fused-ring (bicyclic) bond motifs is 1. The molecule has 3 rings (SSSR count). The molecule has 3 aromatic rings. The molecule has 0 spiro atoms. The summed E-state index contributed by atoms with van der Waals surface area (Å²) in [5, 5.41) is 12.8. The Hall–Kier alpha value is -2.14. The van der Waals surface area contributed by atoms with Gasteiger partial charge in [0.2, 0.25) is 5.95 Å². The summed E-state index contributed by atoms with van der Waals surface area (Å²) in [6.07, 6.45) is 2.06. The van der Waals surface area contributed by atoms with Gasteiger partial charge in [-0.15, -0.1) is 11.8 Å². The van der Waals surface area contributed by atoms with E-state index in [2.05, 4.69) is 28.7 Å². The molecule has 1 heterocycles. The number of phenols is 1. The molecule has 0 aliphatic carbocycles. The molecular formula is C15H15N3OS. The molecule has 0 unspecified atom stereocenters. The van der Waals surface area contributed by atoms with Crippen molar-refractivity contribution in [1.82, 2.24) is 9.55 Å². The third-order valence-corrected chi connectivity index (χ3v) is 3.95. The van der Waals surface area contributed by atoms with Crippen molar-refractivity contribution < 1.29 is 5.11 Å². The Bertz CT molecular complexity index is 750. The van der Waals surface area contributed by atoms with Crippen LogP contribution in [0.2, 0.25) is 0 Å². The molecule has 4 nitrogen and oxygen atoms in total. The van der Waals surface area contributed by atoms with E-state index in [1.807, 2.05) is 29.8 Å². The van der Waals surface area contributed by atoms with Gasteiger partial charge in [-0.2, -0.15) is 0 Å². The van der Waals surface area contributed by atoms with Crippen molar-refractivity contribution in [2.45, 2.75) is 4.90 Å². The van der Waals surface area contributed by atoms with Gasteiger partial charge < -0.3 is 15.0 Å². The van der Waals surface area contributed by atoms with Crippen LogP contribution in [-0.4, -0.2) is 20.9 Å². The van der Waals surface area contributed by atoms with Gasteiger partial charge in [-0.25, -0.2) is 4.98 Å². The van der Waals surface area contributed by atoms with Crippen LogP contribution in [0.3, 0.4) is 0 Å². The average molecular weight is 285 g/mol. The second-order valence-corrected chi connectivity index (χ2v) is 5.40. The van der Waals surface area contributed by atoms with Gasteiger partial charge in [0.25, 0.3) is 0 Å². The van der Waals surface area contributed by atoms with Crippen molar-refractivity contribution in [2.75, 3.05) is 11.6 Å². The first kappa shape index (κ1) is 12.9. The van der Waals surface area contributed by atoms with E-state index in [0.717, 1.165) is 22.7 Å². The highest BCUT2D eigenvalue weighted by Crippen LogP contribution is 2.25. The lowest BCUT2D eigenvalue weighted by atomic mass is 10.3. The van der Waals surface area contributed by atoms with Crippen LogP contribution in [0, 0.1) is 0 Å². The molecule has 20 heavy (non-hydrogen) atoms. The first-order chi connectivity index (χ1) is 9.67. The number of benzene rings is 2. The summed E-state index contributed by atoms with van der Waals surface area (Å²) in [5.74, 6) is 0.981. The van der Waals surface area contributed by atoms with E-state index in [0.29, 0.717) is 0 Å². The summed E-state index contributed by atoms with van der Waals surface area (Å²) in [4.78, 5) is 5.72. The molecule has 0 atom stereocenters. The fraction of sp³-hybridized carbons (Fsp3) is 0.133. The molecule has 0 saturated heterocycles. The van der Waals surface area contributed by atoms with Crippen LogP contribution in [0.4, 0.5) is 11.6 Å². The Morgan fingerprint density at radius 1 is 1.15 bits per heavy atom. The van der Waals surface area contributed by atoms with Crippen molar-refractivity contribution in [3.8, 4) is 5.75 Å². The van der Waals surface area contributed by atoms with Crippen LogP contribution in [0.15, 0.2) is 47.4 Å². The SMILES string of the molecule is CSc1ccc(Nc2nc3cc(O)ccc3n2C)cc1. The molecule has 0 saturated carbocycles. The van der Waals surface area contributed by atoms with Crippen molar-refractivity contribution >= 4 is 34.4 Å². The van der Waals surface area contributed by atoms with Gasteiger partial charge in [-0.05, 0) is 42.7 Å². The van der Waals surface area contributed by atoms with E-state index < -0.39 is 0 Å². The number of nitrogens with zero attached hydrogens (tertiary/aromatic N) is 2. The van der Waals surface area contributed by atoms with Crippen molar-refractivity contribution in [3.05, 3.63) is 42.5 Å². The van der Waals surface area contributed by atoms with Crippen molar-refractivity contribution in [2.24, 2.45) is 7.05 Å². The van der Waals surface area contributed by atoms with Gasteiger partial charge in [-0.3, -0.25) is 0 Å². The number of phenolic OH excluding ortho intramolecular Hbond substituents is 1. The zero-order valence-electron chi connectivity index (χ0n) is 11.3. The first-order valence-electron chi connectivity index (χ1n) is 6.24. The van der Waals surface area contributed by atoms with E-state index in [4.69, 9.17) is 0 Å². The minimum Gasteiger partial charge on any atom is -0.508 e. The zero-order chi connectivity index (χ0) is 14.1. The number of anilines is 2. The Morgan fingerprint density at radius 2 is 1.90 bits per heavy atom. The van der Waals surface area contributed by atoms with Gasteiger partial charge in [0.15, 0.2) is 0 Å². The van der Waals surface area contributed by atoms with Gasteiger partial charge in [-0.1, -0.05) is 0 Å². The summed E-state index contributed by atoms with van der Waals surface area (Å²) in [6, 6.07) is 13.4. The van der Waals surface area contributed by atoms with E-state index in [-0.39, 0.29) is 5.75 Å². The zero-order valence-corrected chi connectivity index (χ0v) is 12.1. The van der Waals surface area contributed by atoms with Crippen LogP contribution in [0.25, 0.3) is 11.0 Å². The fourth-order valence-electron chi connectivity index (χ4n) is 2.10. The molecule has 0 amide bonds. The highest BCUT2D eigenvalue weighted by atomic mass is 32.2. The van der Waals surface area contributed by atoms with Crippen LogP contribution in [0.1, 0.15) is 0 Å². The normalized spacial score (nSPS) is 10.9. The minimum atomic E-state index is 0.228. The third-order valence-electron chi connectivity index (χ3n) is 3.21. The summed E-state index contributed by atoms with van der Waals surface area (Å²) in [7, 11) is 1.95. The number of thioether (sulfide) groups is 1. The maximum absolute atomic E-state index is 9.51. The molecule has 2 N–H and O–H groups in total. The Labute approximate surface area is 121 Å². The van der Waals surface area contributed by atoms with Crippen molar-refractivity contribution in [3.63, 3.8) is 0 Å². The third kappa shape index (κ3) is 2.32. The van der Waals surface area contributed by atoms with Crippen LogP contribution < -0.4 is 5.32 Å². The lowest BCUT2D eigenvalue weighted by molar-refractivity contribution is 0.476. The van der Waals surface area contributed by atoms with Crippen LogP contribution in [-0.2, 0) is 7.05 Å². The molecule has 5 heteroatoms. The molecular weight excluding hydrogens is 270 g/mol. The number of imidazole rings is 1. The molecule has 0 aliphatic rings. The number of nitrogens with one attached hydrogen (secondary N) is 1. The summed E-state index contributed by atoms with van der Waals surface area (Å²) in [5.41, 5.74) is 2.74. The van der Waals surface area contributed by atoms with Crippen LogP contribution >= 0.6 is 11.8 Å². The van der Waals surface area contributed by atoms with Gasteiger partial charge in [0.05, 0.1) is 11.0 Å². The molecule has 0 aliphatic heterocycles. The molecule has 0 fully saturated rings. The smallest absolute Gasteiger partial charge is 0.208 e. The number of aromatic hydroxyl groups is 1. The number of hydrogen-bond acceptors (Lipinski definition) is 4. The lowest BCUT2D eigenvalue weighted by Crippen LogP contribution is -1.98. The molecule has 1 aromatic heterocycles. The maximum atomic E-state index is 9.51. The van der Waals surface area contributed by atoms with Gasteiger partial charge in [0, 0.05) is 23.7 Å². The van der Waals surface area contributed by atoms with Gasteiger partial charge >= 0.3 is 0 Å². The molecule has 0 bridgehead atoms. The highest BCUT2D eigenvalue weighted by Gasteiger charge is 2.08. The van der Waals surface area contributed by atoms with E-state index in [1.165, 1.54) is 4.90 Å². The molecule has 0 radical (unpaired) electrons. The number of aryl methyl sites for hydroxylation is 1. The predicted octanol–water partition coefficient (Wildman–Crippen LogP) is 3.74. The quantitative estimate of drug-likeness (QED) is 0.720. The summed E-state index contributed by atoms with van der Waals surface area (Å²) in [6.45, 7) is 0. The minimum absolute atomic E-state index is 0.228. The number of hydrogen-bond donors (Lipinski definition) is 2. The highest BCUT2D eigenvalue weighted by molar-refractivity contribution is 7.98. The maximum Gasteiger partial charge on any atom is 0.208 e. The average Bonchev–Trinajstić information content (AvgIpc) is 2.75. The largest absolute Gasteiger partial charge is 0.508 e. The summed E-state index contributed by atoms with van der Waals surface area (Å²) >= 11 is 1.72. The fourth-order valence-corrected chi connectivity index (χ4v) is 2.51. The molecule has 102 valence electrons. The topological polar surface area (TPSA) is 50.1 Å². The molecule has 2 aromatic carbocycles. The van der Waals surface area contributed by atoms with Crippen LogP contribution in [0.5, 0.6) is 5.75 Å². The van der Waals surface area contributed by atoms with E-state index in [9.17, 15) is 5.11 Å². The lowest BCUT2D eigenvalue weighted by Gasteiger charge is -2.06. The second kappa shape index (κ2) is 5.09. The van der Waals surface area contributed by atoms with Crippen molar-refractivity contribution in [1.29, 1.82) is 0 Å². The van der Waals surface area contributed by atoms with Gasteiger partial charge in [0.1, 0.15) is 5.75 Å². The Balaban J connectivity index is 1.95. The first-order valence-corrected chi connectivity index (χ1v) is 7.46. The van der Waals surface area contributed by atoms with E-state index in [1.54, 1.807) is 23.9 Å². The standard InChI is InChI=1S/C15H15N3OS/c1-18-14-8-5-11(19)9-13(14)17-15(18)16-10-3-6-12(20-2)7-4-10/h3-9,19H,1-2H3,(H,16,17). The second-order valence-electron chi connectivity index (χ2n) is 4.52. The Morgan fingerprint density at radius 3 is 2.60 bits per heavy atom. The Kier molecular flexibility index (Phi) is 3.28. The predicted molar refractivity (Wildman–Crippen MR) is 83.9 cm³/mol. The summed E-state index contributed by atoms with van der Waals surface area (Å²) < 4.78 is 1.97. The number of aromatic nitrogens is 2. The van der Waals surface area contributed by atoms with E-state index >= 15 is 0 Å². The number of rotatable bonds is 3.